The van der Waals surface area contributed by atoms with Crippen LogP contribution in [0.1, 0.15) is 34.5 Å². The predicted octanol–water partition coefficient (Wildman–Crippen LogP) is 4.83. The van der Waals surface area contributed by atoms with E-state index in [0.29, 0.717) is 0 Å². The molecule has 1 unspecified atom stereocenters. The Morgan fingerprint density at radius 3 is 2.65 bits per heavy atom. The molecule has 0 aliphatic rings. The fraction of sp³-hybridized carbons (Fsp3) is 0.375. The van der Waals surface area contributed by atoms with E-state index in [1.54, 1.807) is 18.4 Å². The summed E-state index contributed by atoms with van der Waals surface area (Å²) in [7, 11) is 1.75. The molecule has 1 aromatic heterocycles. The first-order chi connectivity index (χ1) is 9.58. The van der Waals surface area contributed by atoms with Crippen molar-refractivity contribution in [2.75, 3.05) is 13.7 Å². The Morgan fingerprint density at radius 1 is 1.35 bits per heavy atom. The summed E-state index contributed by atoms with van der Waals surface area (Å²) in [5, 5.41) is 5.68. The quantitative estimate of drug-likeness (QED) is 0.830. The van der Waals surface area contributed by atoms with Gasteiger partial charge in [-0.25, -0.2) is 0 Å². The number of methoxy groups -OCH3 is 1. The Balaban J connectivity index is 2.52. The van der Waals surface area contributed by atoms with Crippen molar-refractivity contribution < 1.29 is 4.74 Å². The minimum atomic E-state index is 0.172. The standard InChI is InChI=1S/C16H20BrNOS/c1-5-18-15(14-8-12(17)9-20-14)13-7-6-10(2)11(3)16(13)19-4/h6-9,15,18H,5H2,1-4H3. The largest absolute Gasteiger partial charge is 0.496 e. The smallest absolute Gasteiger partial charge is 0.127 e. The van der Waals surface area contributed by atoms with Crippen LogP contribution >= 0.6 is 27.3 Å². The first kappa shape index (κ1) is 15.5. The van der Waals surface area contributed by atoms with Gasteiger partial charge in [0.15, 0.2) is 0 Å². The SMILES string of the molecule is CCNC(c1cc(Br)cs1)c1ccc(C)c(C)c1OC. The van der Waals surface area contributed by atoms with Gasteiger partial charge in [-0.1, -0.05) is 19.1 Å². The highest BCUT2D eigenvalue weighted by Gasteiger charge is 2.20. The molecule has 0 spiro atoms. The molecule has 4 heteroatoms. The van der Waals surface area contributed by atoms with E-state index in [-0.39, 0.29) is 6.04 Å². The summed E-state index contributed by atoms with van der Waals surface area (Å²) in [4.78, 5) is 1.29. The van der Waals surface area contributed by atoms with Crippen LogP contribution in [0.15, 0.2) is 28.1 Å². The van der Waals surface area contributed by atoms with Crippen LogP contribution in [0.3, 0.4) is 0 Å². The second kappa shape index (κ2) is 6.74. The third kappa shape index (κ3) is 3.08. The molecule has 0 aliphatic heterocycles. The fourth-order valence-corrected chi connectivity index (χ4v) is 3.89. The van der Waals surface area contributed by atoms with E-state index >= 15 is 0 Å². The molecule has 2 rings (SSSR count). The highest BCUT2D eigenvalue weighted by molar-refractivity contribution is 9.10. The van der Waals surface area contributed by atoms with Gasteiger partial charge >= 0.3 is 0 Å². The van der Waals surface area contributed by atoms with Gasteiger partial charge in [-0.2, -0.15) is 0 Å². The predicted molar refractivity (Wildman–Crippen MR) is 90.0 cm³/mol. The van der Waals surface area contributed by atoms with Crippen molar-refractivity contribution >= 4 is 27.3 Å². The lowest BCUT2D eigenvalue weighted by Gasteiger charge is -2.22. The Labute approximate surface area is 133 Å². The maximum Gasteiger partial charge on any atom is 0.127 e. The third-order valence-corrected chi connectivity index (χ3v) is 5.26. The van der Waals surface area contributed by atoms with Gasteiger partial charge in [0, 0.05) is 20.3 Å². The van der Waals surface area contributed by atoms with Crippen molar-refractivity contribution in [3.63, 3.8) is 0 Å². The molecule has 0 saturated heterocycles. The van der Waals surface area contributed by atoms with Crippen molar-refractivity contribution in [3.8, 4) is 5.75 Å². The van der Waals surface area contributed by atoms with Crippen LogP contribution in [-0.2, 0) is 0 Å². The van der Waals surface area contributed by atoms with Gasteiger partial charge < -0.3 is 10.1 Å². The molecule has 0 amide bonds. The first-order valence-electron chi connectivity index (χ1n) is 6.69. The van der Waals surface area contributed by atoms with Gasteiger partial charge in [0.05, 0.1) is 13.2 Å². The highest BCUT2D eigenvalue weighted by Crippen LogP contribution is 2.37. The van der Waals surface area contributed by atoms with E-state index in [9.17, 15) is 0 Å². The number of halogens is 1. The van der Waals surface area contributed by atoms with Crippen molar-refractivity contribution in [2.45, 2.75) is 26.8 Å². The molecule has 0 saturated carbocycles. The number of hydrogen-bond donors (Lipinski definition) is 1. The zero-order valence-corrected chi connectivity index (χ0v) is 14.7. The minimum absolute atomic E-state index is 0.172. The summed E-state index contributed by atoms with van der Waals surface area (Å²) in [5.41, 5.74) is 3.67. The maximum absolute atomic E-state index is 5.67. The average Bonchev–Trinajstić information content (AvgIpc) is 2.86. The second-order valence-corrected chi connectivity index (χ2v) is 6.65. The number of aryl methyl sites for hydroxylation is 1. The van der Waals surface area contributed by atoms with Crippen LogP contribution in [0.25, 0.3) is 0 Å². The van der Waals surface area contributed by atoms with Crippen LogP contribution in [0.2, 0.25) is 0 Å². The minimum Gasteiger partial charge on any atom is -0.496 e. The van der Waals surface area contributed by atoms with Crippen LogP contribution < -0.4 is 10.1 Å². The first-order valence-corrected chi connectivity index (χ1v) is 8.37. The number of hydrogen-bond acceptors (Lipinski definition) is 3. The van der Waals surface area contributed by atoms with Gasteiger partial charge in [0.2, 0.25) is 0 Å². The van der Waals surface area contributed by atoms with Crippen LogP contribution in [0.5, 0.6) is 5.75 Å². The van der Waals surface area contributed by atoms with Crippen molar-refractivity contribution in [1.29, 1.82) is 0 Å². The van der Waals surface area contributed by atoms with E-state index in [1.807, 2.05) is 0 Å². The molecule has 1 aromatic carbocycles. The molecule has 0 radical (unpaired) electrons. The van der Waals surface area contributed by atoms with E-state index in [0.717, 1.165) is 16.8 Å². The van der Waals surface area contributed by atoms with Gasteiger partial charge in [-0.05, 0) is 53.5 Å². The number of ether oxygens (including phenoxy) is 1. The highest BCUT2D eigenvalue weighted by atomic mass is 79.9. The Bertz CT molecular complexity index is 594. The molecule has 20 heavy (non-hydrogen) atoms. The lowest BCUT2D eigenvalue weighted by Crippen LogP contribution is -2.22. The van der Waals surface area contributed by atoms with Gasteiger partial charge in [-0.15, -0.1) is 11.3 Å². The summed E-state index contributed by atoms with van der Waals surface area (Å²) in [6, 6.07) is 6.68. The number of nitrogens with one attached hydrogen (secondary N) is 1. The van der Waals surface area contributed by atoms with Gasteiger partial charge in [-0.3, -0.25) is 0 Å². The summed E-state index contributed by atoms with van der Waals surface area (Å²) in [5.74, 6) is 0.987. The molecular formula is C16H20BrNOS. The van der Waals surface area contributed by atoms with Crippen molar-refractivity contribution in [3.05, 3.63) is 49.6 Å². The third-order valence-electron chi connectivity index (χ3n) is 3.50. The monoisotopic (exact) mass is 353 g/mol. The number of thiophene rings is 1. The molecular weight excluding hydrogens is 334 g/mol. The second-order valence-electron chi connectivity index (χ2n) is 4.79. The molecule has 1 atom stereocenters. The Kier molecular flexibility index (Phi) is 5.24. The molecule has 1 heterocycles. The average molecular weight is 354 g/mol. The molecule has 0 bridgehead atoms. The summed E-state index contributed by atoms with van der Waals surface area (Å²) >= 11 is 5.29. The Morgan fingerprint density at radius 2 is 2.10 bits per heavy atom. The zero-order chi connectivity index (χ0) is 14.7. The van der Waals surface area contributed by atoms with Gasteiger partial charge in [0.25, 0.3) is 0 Å². The summed E-state index contributed by atoms with van der Waals surface area (Å²) in [6.07, 6.45) is 0. The molecule has 0 aliphatic carbocycles. The van der Waals surface area contributed by atoms with Gasteiger partial charge in [0.1, 0.15) is 5.75 Å². The van der Waals surface area contributed by atoms with E-state index in [1.165, 1.54) is 21.6 Å². The van der Waals surface area contributed by atoms with E-state index in [2.05, 4.69) is 65.6 Å². The maximum atomic E-state index is 5.67. The van der Waals surface area contributed by atoms with Crippen LogP contribution in [0.4, 0.5) is 0 Å². The molecule has 2 aromatic rings. The number of benzene rings is 1. The Hall–Kier alpha value is -0.840. The zero-order valence-electron chi connectivity index (χ0n) is 12.3. The fourth-order valence-electron chi connectivity index (χ4n) is 2.36. The summed E-state index contributed by atoms with van der Waals surface area (Å²) < 4.78 is 6.79. The lowest BCUT2D eigenvalue weighted by atomic mass is 9.98. The van der Waals surface area contributed by atoms with Crippen LogP contribution in [-0.4, -0.2) is 13.7 Å². The van der Waals surface area contributed by atoms with E-state index < -0.39 is 0 Å². The normalized spacial score (nSPS) is 12.4. The lowest BCUT2D eigenvalue weighted by molar-refractivity contribution is 0.401. The van der Waals surface area contributed by atoms with Crippen LogP contribution in [0, 0.1) is 13.8 Å². The van der Waals surface area contributed by atoms with Crippen molar-refractivity contribution in [1.82, 2.24) is 5.32 Å². The molecule has 1 N–H and O–H groups in total. The van der Waals surface area contributed by atoms with E-state index in [4.69, 9.17) is 4.74 Å². The topological polar surface area (TPSA) is 21.3 Å². The molecule has 0 fully saturated rings. The number of rotatable bonds is 5. The molecule has 2 nitrogen and oxygen atoms in total. The van der Waals surface area contributed by atoms with Crippen molar-refractivity contribution in [2.24, 2.45) is 0 Å². The molecule has 108 valence electrons. The summed E-state index contributed by atoms with van der Waals surface area (Å²) in [6.45, 7) is 7.27.